The minimum atomic E-state index is -0.107. The second-order valence-electron chi connectivity index (χ2n) is 6.15. The second-order valence-corrected chi connectivity index (χ2v) is 7.11. The van der Waals surface area contributed by atoms with E-state index in [2.05, 4.69) is 36.3 Å². The summed E-state index contributed by atoms with van der Waals surface area (Å²) in [5.74, 6) is 1.60. The van der Waals surface area contributed by atoms with Gasteiger partial charge in [-0.1, -0.05) is 37.5 Å². The highest BCUT2D eigenvalue weighted by molar-refractivity contribution is 7.16. The van der Waals surface area contributed by atoms with Crippen LogP contribution < -0.4 is 5.32 Å². The smallest absolute Gasteiger partial charge is 0.234 e. The van der Waals surface area contributed by atoms with Crippen LogP contribution in [0.1, 0.15) is 69.6 Å². The summed E-state index contributed by atoms with van der Waals surface area (Å²) in [5, 5.41) is 18.1. The van der Waals surface area contributed by atoms with Crippen molar-refractivity contribution in [2.75, 3.05) is 6.54 Å². The molecule has 5 nitrogen and oxygen atoms in total. The number of hydrogen-bond donors (Lipinski definition) is 1. The van der Waals surface area contributed by atoms with Gasteiger partial charge in [0.1, 0.15) is 5.01 Å². The van der Waals surface area contributed by atoms with Gasteiger partial charge < -0.3 is 5.32 Å². The Hall–Kier alpha value is -1.01. The maximum absolute atomic E-state index is 4.79. The van der Waals surface area contributed by atoms with Crippen molar-refractivity contribution in [3.63, 3.8) is 0 Å². The van der Waals surface area contributed by atoms with Gasteiger partial charge in [0.05, 0.1) is 5.54 Å². The van der Waals surface area contributed by atoms with Gasteiger partial charge >= 0.3 is 0 Å². The molecule has 0 atom stereocenters. The number of fused-ring (bicyclic) bond motifs is 1. The molecule has 3 rings (SSSR count). The highest BCUT2D eigenvalue weighted by atomic mass is 32.1. The van der Waals surface area contributed by atoms with E-state index in [-0.39, 0.29) is 5.54 Å². The van der Waals surface area contributed by atoms with E-state index in [9.17, 15) is 0 Å². The van der Waals surface area contributed by atoms with E-state index < -0.39 is 0 Å². The standard InChI is InChI=1S/C14H23N5S/c1-4-15-14(2,3)12-18-19-11(16-17-13(19)20-12)10-8-6-5-7-9-10/h10,15H,4-9H2,1-3H3. The lowest BCUT2D eigenvalue weighted by atomic mass is 9.89. The molecule has 1 aliphatic rings. The number of nitrogens with zero attached hydrogens (tertiary/aromatic N) is 4. The maximum Gasteiger partial charge on any atom is 0.234 e. The molecule has 0 unspecified atom stereocenters. The fourth-order valence-corrected chi connectivity index (χ4v) is 3.94. The summed E-state index contributed by atoms with van der Waals surface area (Å²) in [7, 11) is 0. The first-order valence-electron chi connectivity index (χ1n) is 7.59. The van der Waals surface area contributed by atoms with E-state index in [0.29, 0.717) is 5.92 Å². The van der Waals surface area contributed by atoms with Gasteiger partial charge in [0, 0.05) is 5.92 Å². The van der Waals surface area contributed by atoms with Gasteiger partial charge in [-0.25, -0.2) is 0 Å². The van der Waals surface area contributed by atoms with Crippen LogP contribution in [0.4, 0.5) is 0 Å². The largest absolute Gasteiger partial charge is 0.306 e. The van der Waals surface area contributed by atoms with Crippen molar-refractivity contribution < 1.29 is 0 Å². The molecule has 1 fully saturated rings. The summed E-state index contributed by atoms with van der Waals surface area (Å²) in [4.78, 5) is 0.923. The van der Waals surface area contributed by atoms with Crippen LogP contribution in [-0.4, -0.2) is 26.4 Å². The number of hydrogen-bond acceptors (Lipinski definition) is 5. The van der Waals surface area contributed by atoms with Crippen LogP contribution in [-0.2, 0) is 5.54 Å². The molecule has 20 heavy (non-hydrogen) atoms. The molecule has 0 bridgehead atoms. The first-order valence-corrected chi connectivity index (χ1v) is 8.41. The summed E-state index contributed by atoms with van der Waals surface area (Å²) >= 11 is 1.64. The lowest BCUT2D eigenvalue weighted by molar-refractivity contribution is 0.402. The molecule has 0 aliphatic heterocycles. The highest BCUT2D eigenvalue weighted by Gasteiger charge is 2.27. The topological polar surface area (TPSA) is 55.1 Å². The Morgan fingerprint density at radius 2 is 2.00 bits per heavy atom. The predicted octanol–water partition coefficient (Wildman–Crippen LogP) is 3.08. The van der Waals surface area contributed by atoms with E-state index in [1.54, 1.807) is 11.3 Å². The van der Waals surface area contributed by atoms with Crippen molar-refractivity contribution in [2.45, 2.75) is 64.3 Å². The molecular formula is C14H23N5S. The molecule has 2 aromatic rings. The molecular weight excluding hydrogens is 270 g/mol. The SMILES string of the molecule is CCNC(C)(C)c1nn2c(C3CCCCC3)nnc2s1. The zero-order valence-electron chi connectivity index (χ0n) is 12.5. The summed E-state index contributed by atoms with van der Waals surface area (Å²) in [5.41, 5.74) is -0.107. The first kappa shape index (κ1) is 13.9. The third-order valence-electron chi connectivity index (χ3n) is 4.14. The molecule has 2 aromatic heterocycles. The fourth-order valence-electron chi connectivity index (χ4n) is 3.02. The molecule has 0 radical (unpaired) electrons. The van der Waals surface area contributed by atoms with Crippen molar-refractivity contribution in [2.24, 2.45) is 0 Å². The molecule has 2 heterocycles. The normalized spacial score (nSPS) is 17.9. The van der Waals surface area contributed by atoms with Gasteiger partial charge in [-0.05, 0) is 33.2 Å². The third kappa shape index (κ3) is 2.46. The Labute approximate surface area is 123 Å². The van der Waals surface area contributed by atoms with Crippen molar-refractivity contribution in [3.8, 4) is 0 Å². The second kappa shape index (κ2) is 5.41. The third-order valence-corrected chi connectivity index (χ3v) is 5.36. The predicted molar refractivity (Wildman–Crippen MR) is 81.2 cm³/mol. The van der Waals surface area contributed by atoms with Crippen LogP contribution in [0.25, 0.3) is 4.96 Å². The summed E-state index contributed by atoms with van der Waals surface area (Å²) < 4.78 is 1.98. The minimum Gasteiger partial charge on any atom is -0.306 e. The lowest BCUT2D eigenvalue weighted by Crippen LogP contribution is -2.36. The van der Waals surface area contributed by atoms with Gasteiger partial charge in [0.2, 0.25) is 4.96 Å². The van der Waals surface area contributed by atoms with E-state index in [1.807, 2.05) is 4.52 Å². The molecule has 6 heteroatoms. The molecule has 1 aliphatic carbocycles. The lowest BCUT2D eigenvalue weighted by Gasteiger charge is -2.22. The Morgan fingerprint density at radius 1 is 1.25 bits per heavy atom. The number of aromatic nitrogens is 4. The summed E-state index contributed by atoms with van der Waals surface area (Å²) in [6, 6.07) is 0. The van der Waals surface area contributed by atoms with Gasteiger partial charge in [-0.3, -0.25) is 0 Å². The van der Waals surface area contributed by atoms with Crippen molar-refractivity contribution in [1.82, 2.24) is 25.1 Å². The van der Waals surface area contributed by atoms with Crippen molar-refractivity contribution in [1.29, 1.82) is 0 Å². The van der Waals surface area contributed by atoms with Crippen LogP contribution in [0, 0.1) is 0 Å². The average molecular weight is 293 g/mol. The highest BCUT2D eigenvalue weighted by Crippen LogP contribution is 2.33. The summed E-state index contributed by atoms with van der Waals surface area (Å²) in [6.07, 6.45) is 6.42. The average Bonchev–Trinajstić information content (AvgIpc) is 2.99. The minimum absolute atomic E-state index is 0.107. The van der Waals surface area contributed by atoms with Crippen LogP contribution in [0.5, 0.6) is 0 Å². The van der Waals surface area contributed by atoms with E-state index in [0.717, 1.165) is 22.3 Å². The van der Waals surface area contributed by atoms with Gasteiger partial charge in [0.15, 0.2) is 5.82 Å². The quantitative estimate of drug-likeness (QED) is 0.941. The van der Waals surface area contributed by atoms with Gasteiger partial charge in [0.25, 0.3) is 0 Å². The van der Waals surface area contributed by atoms with Gasteiger partial charge in [-0.2, -0.15) is 9.61 Å². The van der Waals surface area contributed by atoms with Crippen LogP contribution >= 0.6 is 11.3 Å². The van der Waals surface area contributed by atoms with E-state index >= 15 is 0 Å². The molecule has 0 amide bonds. The molecule has 1 N–H and O–H groups in total. The van der Waals surface area contributed by atoms with Gasteiger partial charge in [-0.15, -0.1) is 10.2 Å². The van der Waals surface area contributed by atoms with E-state index in [1.165, 1.54) is 32.1 Å². The molecule has 0 spiro atoms. The molecule has 0 saturated heterocycles. The monoisotopic (exact) mass is 293 g/mol. The Kier molecular flexibility index (Phi) is 3.77. The van der Waals surface area contributed by atoms with E-state index in [4.69, 9.17) is 5.10 Å². The molecule has 0 aromatic carbocycles. The zero-order valence-corrected chi connectivity index (χ0v) is 13.3. The summed E-state index contributed by atoms with van der Waals surface area (Å²) in [6.45, 7) is 7.39. The Morgan fingerprint density at radius 3 is 2.70 bits per heavy atom. The number of nitrogens with one attached hydrogen (secondary N) is 1. The van der Waals surface area contributed by atoms with Crippen LogP contribution in [0.15, 0.2) is 0 Å². The fraction of sp³-hybridized carbons (Fsp3) is 0.786. The first-order chi connectivity index (χ1) is 9.62. The van der Waals surface area contributed by atoms with Crippen molar-refractivity contribution >= 4 is 16.3 Å². The molecule has 110 valence electrons. The van der Waals surface area contributed by atoms with Crippen molar-refractivity contribution in [3.05, 3.63) is 10.8 Å². The van der Waals surface area contributed by atoms with Crippen LogP contribution in [0.3, 0.4) is 0 Å². The number of rotatable bonds is 4. The molecule has 1 saturated carbocycles. The van der Waals surface area contributed by atoms with Crippen LogP contribution in [0.2, 0.25) is 0 Å². The zero-order chi connectivity index (χ0) is 14.2. The maximum atomic E-state index is 4.79. The Balaban J connectivity index is 1.94. The Bertz CT molecular complexity index is 579.